The molecule has 0 N–H and O–H groups in total. The monoisotopic (exact) mass is 266 g/mol. The Morgan fingerprint density at radius 3 is 1.68 bits per heavy atom. The molecule has 0 spiro atoms. The van der Waals surface area contributed by atoms with Gasteiger partial charge in [0.2, 0.25) is 0 Å². The van der Waals surface area contributed by atoms with Gasteiger partial charge in [-0.2, -0.15) is 0 Å². The van der Waals surface area contributed by atoms with E-state index in [4.69, 9.17) is 0 Å². The maximum atomic E-state index is 2.44. The van der Waals surface area contributed by atoms with E-state index in [1.807, 2.05) is 0 Å². The average molecular weight is 267 g/mol. The van der Waals surface area contributed by atoms with Crippen LogP contribution in [0.25, 0.3) is 0 Å². The summed E-state index contributed by atoms with van der Waals surface area (Å²) >= 11 is 0. The Morgan fingerprint density at radius 1 is 0.737 bits per heavy atom. The van der Waals surface area contributed by atoms with E-state index >= 15 is 0 Å². The second kappa shape index (κ2) is 12.8. The Morgan fingerprint density at radius 2 is 1.21 bits per heavy atom. The zero-order chi connectivity index (χ0) is 14.5. The summed E-state index contributed by atoms with van der Waals surface area (Å²) in [6, 6.07) is 0. The average Bonchev–Trinajstić information content (AvgIpc) is 2.36. The molecule has 0 heterocycles. The highest BCUT2D eigenvalue weighted by Gasteiger charge is 2.10. The van der Waals surface area contributed by atoms with E-state index in [9.17, 15) is 0 Å². The Labute approximate surface area is 123 Å². The van der Waals surface area contributed by atoms with Crippen molar-refractivity contribution in [1.29, 1.82) is 0 Å². The molecule has 0 fully saturated rings. The predicted octanol–water partition coefficient (Wildman–Crippen LogP) is 7.15. The van der Waals surface area contributed by atoms with E-state index < -0.39 is 0 Å². The largest absolute Gasteiger partial charge is 0.0856 e. The molecule has 0 bridgehead atoms. The molecule has 1 unspecified atom stereocenters. The minimum atomic E-state index is 0.934. The molecule has 0 amide bonds. The number of hydrogen-bond donors (Lipinski definition) is 0. The quantitative estimate of drug-likeness (QED) is 0.329. The summed E-state index contributed by atoms with van der Waals surface area (Å²) in [7, 11) is 0. The van der Waals surface area contributed by atoms with Crippen LogP contribution in [-0.2, 0) is 0 Å². The van der Waals surface area contributed by atoms with Crippen molar-refractivity contribution in [2.24, 2.45) is 11.8 Å². The highest BCUT2D eigenvalue weighted by atomic mass is 14.2. The van der Waals surface area contributed by atoms with Crippen LogP contribution in [0.15, 0.2) is 11.6 Å². The summed E-state index contributed by atoms with van der Waals surface area (Å²) in [6.07, 6.45) is 16.5. The van der Waals surface area contributed by atoms with Crippen molar-refractivity contribution in [2.75, 3.05) is 0 Å². The molecule has 19 heavy (non-hydrogen) atoms. The van der Waals surface area contributed by atoms with Crippen molar-refractivity contribution >= 4 is 0 Å². The molecule has 0 nitrogen and oxygen atoms in total. The zero-order valence-electron chi connectivity index (χ0n) is 14.3. The molecule has 0 saturated carbocycles. The zero-order valence-corrected chi connectivity index (χ0v) is 14.3. The van der Waals surface area contributed by atoms with Crippen LogP contribution < -0.4 is 0 Å². The molecule has 0 rings (SSSR count). The molecular formula is C19H38. The normalized spacial score (nSPS) is 12.7. The summed E-state index contributed by atoms with van der Waals surface area (Å²) in [5.74, 6) is 1.93. The summed E-state index contributed by atoms with van der Waals surface area (Å²) < 4.78 is 0. The molecule has 0 saturated heterocycles. The van der Waals surface area contributed by atoms with Gasteiger partial charge in [-0.25, -0.2) is 0 Å². The molecule has 0 aliphatic heterocycles. The van der Waals surface area contributed by atoms with Crippen molar-refractivity contribution in [3.63, 3.8) is 0 Å². The van der Waals surface area contributed by atoms with Crippen LogP contribution in [-0.4, -0.2) is 0 Å². The highest BCUT2D eigenvalue weighted by molar-refractivity contribution is 4.93. The molecule has 114 valence electrons. The summed E-state index contributed by atoms with van der Waals surface area (Å²) in [5, 5.41) is 0. The minimum absolute atomic E-state index is 0.934. The van der Waals surface area contributed by atoms with Gasteiger partial charge in [-0.1, -0.05) is 90.2 Å². The maximum absolute atomic E-state index is 2.44. The lowest BCUT2D eigenvalue weighted by molar-refractivity contribution is 0.359. The summed E-state index contributed by atoms with van der Waals surface area (Å²) in [5.41, 5.74) is 1.48. The van der Waals surface area contributed by atoms with E-state index in [1.165, 1.54) is 69.8 Å². The third-order valence-corrected chi connectivity index (χ3v) is 4.17. The first-order chi connectivity index (χ1) is 9.13. The van der Waals surface area contributed by atoms with Crippen LogP contribution in [0.5, 0.6) is 0 Å². The van der Waals surface area contributed by atoms with Crippen LogP contribution in [0.1, 0.15) is 98.8 Å². The van der Waals surface area contributed by atoms with E-state index in [0.717, 1.165) is 11.8 Å². The van der Waals surface area contributed by atoms with Gasteiger partial charge in [-0.05, 0) is 32.1 Å². The molecule has 0 aromatic rings. The lowest BCUT2D eigenvalue weighted by Gasteiger charge is -2.18. The topological polar surface area (TPSA) is 0 Å². The van der Waals surface area contributed by atoms with Crippen LogP contribution in [0, 0.1) is 11.8 Å². The fourth-order valence-corrected chi connectivity index (χ4v) is 3.14. The third-order valence-electron chi connectivity index (χ3n) is 4.17. The lowest BCUT2D eigenvalue weighted by atomic mass is 9.88. The van der Waals surface area contributed by atoms with Gasteiger partial charge in [-0.3, -0.25) is 0 Å². The second-order valence-corrected chi connectivity index (χ2v) is 6.55. The third kappa shape index (κ3) is 11.3. The lowest BCUT2D eigenvalue weighted by Crippen LogP contribution is -2.04. The highest BCUT2D eigenvalue weighted by Crippen LogP contribution is 2.25. The second-order valence-electron chi connectivity index (χ2n) is 6.55. The standard InChI is InChI=1S/C19H38/c1-6-10-18(11-7-2)13-9-14-19(12-8-3)16-15-17(4)5/h15,18-19H,6-14,16H2,1-5H3. The van der Waals surface area contributed by atoms with Crippen LogP contribution in [0.4, 0.5) is 0 Å². The Hall–Kier alpha value is -0.260. The van der Waals surface area contributed by atoms with Crippen molar-refractivity contribution in [1.82, 2.24) is 0 Å². The molecule has 0 aromatic carbocycles. The number of hydrogen-bond acceptors (Lipinski definition) is 0. The minimum Gasteiger partial charge on any atom is -0.0856 e. The first-order valence-corrected chi connectivity index (χ1v) is 8.77. The van der Waals surface area contributed by atoms with Gasteiger partial charge in [0.1, 0.15) is 0 Å². The van der Waals surface area contributed by atoms with E-state index in [1.54, 1.807) is 0 Å². The van der Waals surface area contributed by atoms with E-state index in [-0.39, 0.29) is 0 Å². The van der Waals surface area contributed by atoms with Crippen molar-refractivity contribution in [3.8, 4) is 0 Å². The van der Waals surface area contributed by atoms with Gasteiger partial charge < -0.3 is 0 Å². The predicted molar refractivity (Wildman–Crippen MR) is 89.6 cm³/mol. The fraction of sp³-hybridized carbons (Fsp3) is 0.895. The number of allylic oxidation sites excluding steroid dienone is 2. The van der Waals surface area contributed by atoms with Gasteiger partial charge >= 0.3 is 0 Å². The maximum Gasteiger partial charge on any atom is -0.0320 e. The van der Waals surface area contributed by atoms with Crippen molar-refractivity contribution in [3.05, 3.63) is 11.6 Å². The molecular weight excluding hydrogens is 228 g/mol. The van der Waals surface area contributed by atoms with Crippen molar-refractivity contribution < 1.29 is 0 Å². The van der Waals surface area contributed by atoms with Gasteiger partial charge in [0.15, 0.2) is 0 Å². The molecule has 1 atom stereocenters. The Bertz CT molecular complexity index is 204. The van der Waals surface area contributed by atoms with Gasteiger partial charge in [-0.15, -0.1) is 0 Å². The van der Waals surface area contributed by atoms with Crippen LogP contribution in [0.3, 0.4) is 0 Å². The van der Waals surface area contributed by atoms with Gasteiger partial charge in [0.25, 0.3) is 0 Å². The molecule has 0 aromatic heterocycles. The van der Waals surface area contributed by atoms with Crippen LogP contribution >= 0.6 is 0 Å². The first kappa shape index (κ1) is 18.7. The van der Waals surface area contributed by atoms with E-state index in [0.29, 0.717) is 0 Å². The molecule has 0 aliphatic rings. The summed E-state index contributed by atoms with van der Waals surface area (Å²) in [4.78, 5) is 0. The molecule has 0 aliphatic carbocycles. The fourth-order valence-electron chi connectivity index (χ4n) is 3.14. The van der Waals surface area contributed by atoms with Crippen molar-refractivity contribution in [2.45, 2.75) is 98.8 Å². The van der Waals surface area contributed by atoms with Gasteiger partial charge in [0, 0.05) is 0 Å². The van der Waals surface area contributed by atoms with E-state index in [2.05, 4.69) is 40.7 Å². The molecule has 0 heteroatoms. The summed E-state index contributed by atoms with van der Waals surface area (Å²) in [6.45, 7) is 11.4. The van der Waals surface area contributed by atoms with Crippen LogP contribution in [0.2, 0.25) is 0 Å². The Kier molecular flexibility index (Phi) is 12.6. The SMILES string of the molecule is CCCC(CC=C(C)C)CCCC(CCC)CCC. The first-order valence-electron chi connectivity index (χ1n) is 8.77. The number of rotatable bonds is 12. The smallest absolute Gasteiger partial charge is 0.0320 e. The molecule has 0 radical (unpaired) electrons. The Balaban J connectivity index is 3.97. The van der Waals surface area contributed by atoms with Gasteiger partial charge in [0.05, 0.1) is 0 Å².